The number of fused-ring (bicyclic) bond motifs is 2. The van der Waals surface area contributed by atoms with Crippen LogP contribution in [0.2, 0.25) is 0 Å². The smallest absolute Gasteiger partial charge is 0.223 e. The molecule has 8 nitrogen and oxygen atoms in total. The van der Waals surface area contributed by atoms with Gasteiger partial charge in [-0.25, -0.2) is 4.98 Å². The number of benzene rings is 2. The third-order valence-corrected chi connectivity index (χ3v) is 6.85. The number of likely N-dealkylation sites (tertiary alicyclic amines) is 1. The maximum atomic E-state index is 13.0. The molecule has 0 saturated carbocycles. The Morgan fingerprint density at radius 1 is 1.06 bits per heavy atom. The fraction of sp³-hybridized carbons (Fsp3) is 0.333. The molecular formula is C27H27N5O3. The lowest BCUT2D eigenvalue weighted by atomic mass is 9.97. The number of rotatable bonds is 5. The summed E-state index contributed by atoms with van der Waals surface area (Å²) in [6.07, 6.45) is 1.81. The Morgan fingerprint density at radius 3 is 2.43 bits per heavy atom. The maximum absolute atomic E-state index is 13.0. The number of carbonyl (C=O) groups is 2. The summed E-state index contributed by atoms with van der Waals surface area (Å²) in [7, 11) is 3.68. The molecule has 0 spiro atoms. The van der Waals surface area contributed by atoms with Crippen molar-refractivity contribution in [2.45, 2.75) is 31.6 Å². The lowest BCUT2D eigenvalue weighted by molar-refractivity contribution is -0.133. The van der Waals surface area contributed by atoms with Gasteiger partial charge in [0.15, 0.2) is 17.3 Å². The van der Waals surface area contributed by atoms with Crippen molar-refractivity contribution < 1.29 is 14.0 Å². The van der Waals surface area contributed by atoms with E-state index in [1.54, 1.807) is 4.90 Å². The molecule has 3 heterocycles. The van der Waals surface area contributed by atoms with E-state index in [-0.39, 0.29) is 36.0 Å². The summed E-state index contributed by atoms with van der Waals surface area (Å²) in [4.78, 5) is 36.1. The molecule has 1 fully saturated rings. The summed E-state index contributed by atoms with van der Waals surface area (Å²) < 4.78 is 5.93. The Hall–Kier alpha value is -4.12. The van der Waals surface area contributed by atoms with E-state index < -0.39 is 0 Å². The van der Waals surface area contributed by atoms with Crippen molar-refractivity contribution >= 4 is 34.2 Å². The molecule has 5 rings (SSSR count). The Kier molecular flexibility index (Phi) is 6.00. The molecule has 1 atom stereocenters. The summed E-state index contributed by atoms with van der Waals surface area (Å²) in [6, 6.07) is 17.5. The van der Waals surface area contributed by atoms with Crippen LogP contribution >= 0.6 is 0 Å². The van der Waals surface area contributed by atoms with Gasteiger partial charge in [0.25, 0.3) is 0 Å². The summed E-state index contributed by atoms with van der Waals surface area (Å²) in [6.45, 7) is 1.17. The maximum Gasteiger partial charge on any atom is 0.223 e. The normalized spacial score (nSPS) is 17.5. The molecular weight excluding hydrogens is 442 g/mol. The topological polar surface area (TPSA) is 93.7 Å². The molecule has 1 saturated heterocycles. The molecule has 8 heteroatoms. The van der Waals surface area contributed by atoms with E-state index in [0.717, 1.165) is 35.3 Å². The van der Waals surface area contributed by atoms with Crippen molar-refractivity contribution in [2.24, 2.45) is 0 Å². The Morgan fingerprint density at radius 2 is 1.74 bits per heavy atom. The van der Waals surface area contributed by atoms with Gasteiger partial charge in [0.1, 0.15) is 23.0 Å². The van der Waals surface area contributed by atoms with E-state index in [1.807, 2.05) is 72.4 Å². The molecule has 2 aliphatic heterocycles. The van der Waals surface area contributed by atoms with Crippen molar-refractivity contribution in [3.63, 3.8) is 0 Å². The molecule has 0 aliphatic carbocycles. The minimum atomic E-state index is -0.324. The molecule has 0 N–H and O–H groups in total. The molecule has 1 unspecified atom stereocenters. The molecule has 2 aromatic carbocycles. The quantitative estimate of drug-likeness (QED) is 0.408. The second kappa shape index (κ2) is 9.26. The van der Waals surface area contributed by atoms with Gasteiger partial charge < -0.3 is 19.1 Å². The van der Waals surface area contributed by atoms with Crippen LogP contribution in [0.3, 0.4) is 0 Å². The molecule has 3 aromatic rings. The number of hydrogen-bond acceptors (Lipinski definition) is 7. The van der Waals surface area contributed by atoms with Gasteiger partial charge in [-0.3, -0.25) is 9.59 Å². The first-order valence-corrected chi connectivity index (χ1v) is 11.8. The molecule has 0 bridgehead atoms. The zero-order chi connectivity index (χ0) is 24.5. The van der Waals surface area contributed by atoms with Gasteiger partial charge in [-0.05, 0) is 37.1 Å². The Balaban J connectivity index is 1.25. The minimum absolute atomic E-state index is 0.00664. The molecule has 178 valence electrons. The summed E-state index contributed by atoms with van der Waals surface area (Å²) >= 11 is 0. The zero-order valence-corrected chi connectivity index (χ0v) is 19.9. The van der Waals surface area contributed by atoms with Crippen LogP contribution in [-0.4, -0.2) is 48.8 Å². The first-order chi connectivity index (χ1) is 17.0. The molecule has 1 amide bonds. The van der Waals surface area contributed by atoms with E-state index in [9.17, 15) is 14.9 Å². The number of hydrogen-bond donors (Lipinski definition) is 0. The van der Waals surface area contributed by atoms with Crippen molar-refractivity contribution in [3.8, 4) is 6.07 Å². The fourth-order valence-electron chi connectivity index (χ4n) is 5.03. The average molecular weight is 470 g/mol. The predicted molar refractivity (Wildman–Crippen MR) is 133 cm³/mol. The van der Waals surface area contributed by atoms with Gasteiger partial charge in [0.05, 0.1) is 17.3 Å². The number of allylic oxidation sites excluding steroid dienone is 1. The highest BCUT2D eigenvalue weighted by Gasteiger charge is 2.32. The second-order valence-electron chi connectivity index (χ2n) is 9.04. The highest BCUT2D eigenvalue weighted by atomic mass is 16.3. The van der Waals surface area contributed by atoms with E-state index in [2.05, 4.69) is 11.1 Å². The van der Waals surface area contributed by atoms with Crippen molar-refractivity contribution in [3.05, 3.63) is 65.8 Å². The molecule has 0 radical (unpaired) electrons. The number of oxazole rings is 1. The Labute approximate surface area is 204 Å². The van der Waals surface area contributed by atoms with Crippen LogP contribution in [-0.2, 0) is 9.59 Å². The number of para-hydroxylation sites is 4. The number of nitrogens with zero attached hydrogens (tertiary/aromatic N) is 5. The van der Waals surface area contributed by atoms with Crippen LogP contribution in [0, 0.1) is 11.3 Å². The summed E-state index contributed by atoms with van der Waals surface area (Å²) in [5.41, 5.74) is 3.50. The number of amides is 1. The monoisotopic (exact) mass is 469 g/mol. The highest BCUT2D eigenvalue weighted by Crippen LogP contribution is 2.40. The number of anilines is 2. The third-order valence-electron chi connectivity index (χ3n) is 6.85. The van der Waals surface area contributed by atoms with Gasteiger partial charge in [-0.1, -0.05) is 24.3 Å². The van der Waals surface area contributed by atoms with E-state index in [0.29, 0.717) is 24.8 Å². The lowest BCUT2D eigenvalue weighted by Gasteiger charge is -2.31. The van der Waals surface area contributed by atoms with Crippen LogP contribution in [0.25, 0.3) is 11.1 Å². The zero-order valence-electron chi connectivity index (χ0n) is 19.9. The first-order valence-electron chi connectivity index (χ1n) is 11.8. The number of Topliss-reactive ketones (excluding diaryl/α,β-unsaturated/α-hetero) is 1. The van der Waals surface area contributed by atoms with E-state index >= 15 is 0 Å². The standard InChI is InChI=1S/C27H27N5O3/c1-30-21-10-4-5-11-22(21)31(2)27(30)19(16-28)23(33)13-14-25(34)32-15-7-8-18(17-32)26-29-20-9-3-6-12-24(20)35-26/h3-6,9-12,18H,7-8,13-15,17H2,1-2H3. The van der Waals surface area contributed by atoms with Crippen LogP contribution in [0.1, 0.15) is 37.5 Å². The van der Waals surface area contributed by atoms with Crippen LogP contribution in [0.5, 0.6) is 0 Å². The first kappa shape index (κ1) is 22.7. The second-order valence-corrected chi connectivity index (χ2v) is 9.04. The summed E-state index contributed by atoms with van der Waals surface area (Å²) in [5.74, 6) is 0.822. The van der Waals surface area contributed by atoms with Gasteiger partial charge in [-0.15, -0.1) is 0 Å². The van der Waals surface area contributed by atoms with E-state index in [4.69, 9.17) is 4.42 Å². The Bertz CT molecular complexity index is 1300. The number of carbonyl (C=O) groups excluding carboxylic acids is 2. The predicted octanol–water partition coefficient (Wildman–Crippen LogP) is 4.20. The van der Waals surface area contributed by atoms with Gasteiger partial charge >= 0.3 is 0 Å². The average Bonchev–Trinajstić information content (AvgIpc) is 3.43. The minimum Gasteiger partial charge on any atom is -0.440 e. The van der Waals surface area contributed by atoms with Gasteiger partial charge in [0.2, 0.25) is 5.91 Å². The number of piperidine rings is 1. The van der Waals surface area contributed by atoms with Crippen molar-refractivity contribution in [1.29, 1.82) is 5.26 Å². The van der Waals surface area contributed by atoms with Crippen LogP contribution in [0.4, 0.5) is 11.4 Å². The van der Waals surface area contributed by atoms with Crippen LogP contribution in [0.15, 0.2) is 64.3 Å². The van der Waals surface area contributed by atoms with Crippen LogP contribution < -0.4 is 9.80 Å². The SMILES string of the molecule is CN1C(=C(C#N)C(=O)CCC(=O)N2CCCC(c3nc4ccccc4o3)C2)N(C)c2ccccc21. The van der Waals surface area contributed by atoms with Gasteiger partial charge in [-0.2, -0.15) is 5.26 Å². The number of nitriles is 1. The van der Waals surface area contributed by atoms with Crippen molar-refractivity contribution in [1.82, 2.24) is 9.88 Å². The number of ketones is 1. The summed E-state index contributed by atoms with van der Waals surface area (Å²) in [5, 5.41) is 9.81. The molecule has 2 aliphatic rings. The van der Waals surface area contributed by atoms with Crippen molar-refractivity contribution in [2.75, 3.05) is 37.0 Å². The largest absolute Gasteiger partial charge is 0.440 e. The molecule has 35 heavy (non-hydrogen) atoms. The lowest BCUT2D eigenvalue weighted by Crippen LogP contribution is -2.39. The van der Waals surface area contributed by atoms with E-state index in [1.165, 1.54) is 0 Å². The third kappa shape index (κ3) is 4.14. The van der Waals surface area contributed by atoms with Gasteiger partial charge in [0, 0.05) is 40.0 Å². The number of aromatic nitrogens is 1. The highest BCUT2D eigenvalue weighted by molar-refractivity contribution is 6.03. The fourth-order valence-corrected chi connectivity index (χ4v) is 5.03. The molecule has 1 aromatic heterocycles.